The van der Waals surface area contributed by atoms with E-state index in [2.05, 4.69) is 0 Å². The van der Waals surface area contributed by atoms with Gasteiger partial charge >= 0.3 is 5.97 Å². The van der Waals surface area contributed by atoms with Crippen molar-refractivity contribution in [1.82, 2.24) is 0 Å². The molecule has 1 N–H and O–H groups in total. The molecule has 0 spiro atoms. The van der Waals surface area contributed by atoms with Gasteiger partial charge in [0.1, 0.15) is 5.82 Å². The Hall–Kier alpha value is -1.35. The molecule has 0 heterocycles. The number of rotatable bonds is 2. The van der Waals surface area contributed by atoms with Crippen molar-refractivity contribution in [2.24, 2.45) is 0 Å². The summed E-state index contributed by atoms with van der Waals surface area (Å²) >= 11 is 5.76. The highest BCUT2D eigenvalue weighted by Gasteiger charge is 2.09. The second-order valence-electron chi connectivity index (χ2n) is 2.75. The van der Waals surface area contributed by atoms with Gasteiger partial charge in [-0.15, -0.1) is 0 Å². The molecule has 1 aromatic rings. The highest BCUT2D eigenvalue weighted by Crippen LogP contribution is 2.23. The Morgan fingerprint density at radius 1 is 1.50 bits per heavy atom. The molecule has 0 aliphatic carbocycles. The van der Waals surface area contributed by atoms with Gasteiger partial charge in [0.25, 0.3) is 0 Å². The predicted molar refractivity (Wildman–Crippen MR) is 52.5 cm³/mol. The smallest absolute Gasteiger partial charge is 0.332 e. The maximum atomic E-state index is 12.8. The van der Waals surface area contributed by atoms with Crippen LogP contribution in [0.4, 0.5) is 4.39 Å². The molecule has 0 aliphatic heterocycles. The van der Waals surface area contributed by atoms with Crippen molar-refractivity contribution in [2.45, 2.75) is 6.92 Å². The van der Waals surface area contributed by atoms with Crippen molar-refractivity contribution >= 4 is 22.6 Å². The summed E-state index contributed by atoms with van der Waals surface area (Å²) in [5.74, 6) is -1.56. The van der Waals surface area contributed by atoms with Crippen LogP contribution in [0, 0.1) is 5.82 Å². The Morgan fingerprint density at radius 3 is 2.64 bits per heavy atom. The van der Waals surface area contributed by atoms with Gasteiger partial charge in [0.2, 0.25) is 0 Å². The SMILES string of the molecule is C/C(C(=O)O)=C(/Cl)c1cccc(F)c1. The van der Waals surface area contributed by atoms with Gasteiger partial charge in [-0.25, -0.2) is 9.18 Å². The summed E-state index contributed by atoms with van der Waals surface area (Å²) < 4.78 is 12.8. The van der Waals surface area contributed by atoms with Crippen LogP contribution in [0.5, 0.6) is 0 Å². The molecule has 0 bridgehead atoms. The second-order valence-corrected chi connectivity index (χ2v) is 3.13. The number of carboxylic acids is 1. The van der Waals surface area contributed by atoms with Gasteiger partial charge in [0.05, 0.1) is 10.6 Å². The van der Waals surface area contributed by atoms with Crippen LogP contribution in [0.25, 0.3) is 5.03 Å². The van der Waals surface area contributed by atoms with E-state index in [0.717, 1.165) is 0 Å². The summed E-state index contributed by atoms with van der Waals surface area (Å²) in [5.41, 5.74) is 0.365. The van der Waals surface area contributed by atoms with E-state index < -0.39 is 11.8 Å². The zero-order chi connectivity index (χ0) is 10.7. The molecule has 0 aromatic heterocycles. The Balaban J connectivity index is 3.18. The normalized spacial score (nSPS) is 12.2. The molecule has 0 amide bonds. The number of carboxylic acid groups (broad SMARTS) is 1. The van der Waals surface area contributed by atoms with Gasteiger partial charge in [-0.1, -0.05) is 23.7 Å². The van der Waals surface area contributed by atoms with Gasteiger partial charge in [-0.05, 0) is 24.6 Å². The fraction of sp³-hybridized carbons (Fsp3) is 0.100. The first-order valence-electron chi connectivity index (χ1n) is 3.88. The van der Waals surface area contributed by atoms with Gasteiger partial charge in [-0.2, -0.15) is 0 Å². The molecule has 0 saturated carbocycles. The largest absolute Gasteiger partial charge is 0.478 e. The van der Waals surface area contributed by atoms with Crippen LogP contribution in [-0.4, -0.2) is 11.1 Å². The summed E-state index contributed by atoms with van der Waals surface area (Å²) in [4.78, 5) is 10.6. The molecule has 0 radical (unpaired) electrons. The lowest BCUT2D eigenvalue weighted by atomic mass is 10.1. The Bertz CT molecular complexity index is 399. The zero-order valence-corrected chi connectivity index (χ0v) is 8.18. The number of hydrogen-bond acceptors (Lipinski definition) is 1. The molecule has 4 heteroatoms. The first kappa shape index (κ1) is 10.7. The highest BCUT2D eigenvalue weighted by molar-refractivity contribution is 6.50. The fourth-order valence-corrected chi connectivity index (χ4v) is 1.13. The first-order chi connectivity index (χ1) is 6.52. The standard InChI is InChI=1S/C10H8ClFO2/c1-6(10(13)14)9(11)7-3-2-4-8(12)5-7/h2-5H,1H3,(H,13,14)/b9-6-. The van der Waals surface area contributed by atoms with Crippen LogP contribution in [0.3, 0.4) is 0 Å². The van der Waals surface area contributed by atoms with Crippen molar-refractivity contribution in [1.29, 1.82) is 0 Å². The Kier molecular flexibility index (Phi) is 3.25. The minimum absolute atomic E-state index is 0.00253. The van der Waals surface area contributed by atoms with Crippen LogP contribution in [-0.2, 0) is 4.79 Å². The van der Waals surface area contributed by atoms with E-state index in [9.17, 15) is 9.18 Å². The topological polar surface area (TPSA) is 37.3 Å². The average molecular weight is 215 g/mol. The molecule has 1 aromatic carbocycles. The third-order valence-electron chi connectivity index (χ3n) is 1.73. The minimum Gasteiger partial charge on any atom is -0.478 e. The van der Waals surface area contributed by atoms with Gasteiger partial charge in [0.15, 0.2) is 0 Å². The average Bonchev–Trinajstić information content (AvgIpc) is 2.15. The van der Waals surface area contributed by atoms with Crippen molar-refractivity contribution in [2.75, 3.05) is 0 Å². The van der Waals surface area contributed by atoms with Crippen LogP contribution in [0.1, 0.15) is 12.5 Å². The Labute approximate surface area is 85.6 Å². The molecule has 0 atom stereocenters. The summed E-state index contributed by atoms with van der Waals surface area (Å²) in [5, 5.41) is 8.70. The Morgan fingerprint density at radius 2 is 2.14 bits per heavy atom. The number of aliphatic carboxylic acids is 1. The maximum absolute atomic E-state index is 12.8. The van der Waals surface area contributed by atoms with Crippen molar-refractivity contribution < 1.29 is 14.3 Å². The van der Waals surface area contributed by atoms with E-state index >= 15 is 0 Å². The molecular weight excluding hydrogens is 207 g/mol. The van der Waals surface area contributed by atoms with E-state index in [4.69, 9.17) is 16.7 Å². The van der Waals surface area contributed by atoms with Gasteiger partial charge in [0, 0.05) is 0 Å². The zero-order valence-electron chi connectivity index (χ0n) is 7.42. The molecule has 0 saturated heterocycles. The van der Waals surface area contributed by atoms with E-state index in [1.165, 1.54) is 25.1 Å². The van der Waals surface area contributed by atoms with E-state index in [-0.39, 0.29) is 10.6 Å². The molecule has 74 valence electrons. The summed E-state index contributed by atoms with van der Waals surface area (Å²) in [6.07, 6.45) is 0. The summed E-state index contributed by atoms with van der Waals surface area (Å²) in [6.45, 7) is 1.37. The first-order valence-corrected chi connectivity index (χ1v) is 4.26. The second kappa shape index (κ2) is 4.24. The molecule has 14 heavy (non-hydrogen) atoms. The lowest BCUT2D eigenvalue weighted by Gasteiger charge is -2.01. The van der Waals surface area contributed by atoms with Crippen LogP contribution < -0.4 is 0 Å². The molecular formula is C10H8ClFO2. The lowest BCUT2D eigenvalue weighted by Crippen LogP contribution is -1.98. The molecule has 1 rings (SSSR count). The fourth-order valence-electron chi connectivity index (χ4n) is 0.935. The van der Waals surface area contributed by atoms with E-state index in [1.54, 1.807) is 6.07 Å². The lowest BCUT2D eigenvalue weighted by molar-refractivity contribution is -0.132. The number of halogens is 2. The maximum Gasteiger partial charge on any atom is 0.332 e. The van der Waals surface area contributed by atoms with E-state index in [1.807, 2.05) is 0 Å². The summed E-state index contributed by atoms with van der Waals surface area (Å²) in [6, 6.07) is 5.48. The van der Waals surface area contributed by atoms with Crippen molar-refractivity contribution in [3.8, 4) is 0 Å². The van der Waals surface area contributed by atoms with Crippen molar-refractivity contribution in [3.05, 3.63) is 41.2 Å². The molecule has 2 nitrogen and oxygen atoms in total. The van der Waals surface area contributed by atoms with Crippen LogP contribution in [0.2, 0.25) is 0 Å². The third-order valence-corrected chi connectivity index (χ3v) is 2.23. The highest BCUT2D eigenvalue weighted by atomic mass is 35.5. The van der Waals surface area contributed by atoms with Crippen LogP contribution >= 0.6 is 11.6 Å². The predicted octanol–water partition coefficient (Wildman–Crippen LogP) is 2.88. The molecule has 0 unspecified atom stereocenters. The number of hydrogen-bond donors (Lipinski definition) is 1. The quantitative estimate of drug-likeness (QED) is 0.769. The minimum atomic E-state index is -1.11. The summed E-state index contributed by atoms with van der Waals surface area (Å²) in [7, 11) is 0. The number of benzene rings is 1. The molecule has 0 fully saturated rings. The third kappa shape index (κ3) is 2.33. The van der Waals surface area contributed by atoms with Crippen molar-refractivity contribution in [3.63, 3.8) is 0 Å². The van der Waals surface area contributed by atoms with Gasteiger partial charge in [-0.3, -0.25) is 0 Å². The monoisotopic (exact) mass is 214 g/mol. The number of carbonyl (C=O) groups is 1. The molecule has 0 aliphatic rings. The van der Waals surface area contributed by atoms with E-state index in [0.29, 0.717) is 5.56 Å². The van der Waals surface area contributed by atoms with Crippen LogP contribution in [0.15, 0.2) is 29.8 Å². The van der Waals surface area contributed by atoms with Gasteiger partial charge < -0.3 is 5.11 Å².